The van der Waals surface area contributed by atoms with Gasteiger partial charge in [-0.05, 0) is 161 Å². The maximum absolute atomic E-state index is 12.1. The fourth-order valence-electron chi connectivity index (χ4n) is 12.3. The van der Waals surface area contributed by atoms with Crippen molar-refractivity contribution in [3.63, 3.8) is 0 Å². The minimum Gasteiger partial charge on any atom is -0.294 e. The molecule has 0 N–H and O–H groups in total. The minimum absolute atomic E-state index is 0.148. The van der Waals surface area contributed by atoms with Gasteiger partial charge < -0.3 is 0 Å². The molecule has 6 rings (SSSR count). The summed E-state index contributed by atoms with van der Waals surface area (Å²) in [6.45, 7) is 27.5. The number of unbranched alkanes of at least 4 members (excludes halogenated alkanes) is 4. The van der Waals surface area contributed by atoms with Crippen LogP contribution in [0.2, 0.25) is 0 Å². The summed E-state index contributed by atoms with van der Waals surface area (Å²) in [4.78, 5) is 12.1. The molecule has 5 heteroatoms. The summed E-state index contributed by atoms with van der Waals surface area (Å²) >= 11 is 1.28. The molecule has 6 aromatic rings. The molecule has 0 saturated carbocycles. The first kappa shape index (κ1) is 59.1. The summed E-state index contributed by atoms with van der Waals surface area (Å²) in [6.07, 6.45) is 26.1. The van der Waals surface area contributed by atoms with Gasteiger partial charge in [-0.3, -0.25) is 4.79 Å². The van der Waals surface area contributed by atoms with Gasteiger partial charge in [-0.25, -0.2) is 0 Å². The van der Waals surface area contributed by atoms with Crippen molar-refractivity contribution in [1.29, 1.82) is 5.26 Å². The fourth-order valence-corrected chi connectivity index (χ4v) is 12.9. The number of nitriles is 1. The molecule has 0 aliphatic carbocycles. The van der Waals surface area contributed by atoms with Crippen molar-refractivity contribution in [2.45, 2.75) is 212 Å². The minimum atomic E-state index is -0.234. The van der Waals surface area contributed by atoms with Crippen LogP contribution in [0.15, 0.2) is 78.4 Å². The standard InChI is InChI=1S/C70H93N3OS/c1-13-21-25-51(17-5)35-56-39-57(36-52(18-6)26-22-14-2)43-61(42-56)66-47(9)67(62-44-58(37-53(19-7)27-23-15-3)40-59(45-62)38-54(20-8)28-24-16-4)49(11)68(48(66)10)65-34-33-64(69-70(65)73-75-72-69)60-31-29-55(30-32-60)41-63(46-71)50(12)74/h29-34,39-45,51-54H,13-28,35-38H2,1-12H3/b63-41+. The average molecular weight is 1020 g/mol. The number of Topliss-reactive ketones (excluding diaryl/α,β-unsaturated/α-hetero) is 1. The van der Waals surface area contributed by atoms with Gasteiger partial charge in [0, 0.05) is 11.1 Å². The van der Waals surface area contributed by atoms with Crippen LogP contribution in [0.5, 0.6) is 0 Å². The second kappa shape index (κ2) is 29.4. The van der Waals surface area contributed by atoms with Crippen LogP contribution in [-0.2, 0) is 30.5 Å². The van der Waals surface area contributed by atoms with Crippen LogP contribution in [0.3, 0.4) is 0 Å². The van der Waals surface area contributed by atoms with Crippen molar-refractivity contribution in [2.24, 2.45) is 23.7 Å². The van der Waals surface area contributed by atoms with Gasteiger partial charge in [0.05, 0.1) is 17.3 Å². The molecule has 4 nitrogen and oxygen atoms in total. The van der Waals surface area contributed by atoms with Crippen LogP contribution in [0.1, 0.15) is 210 Å². The molecule has 0 fully saturated rings. The number of fused-ring (bicyclic) bond motifs is 1. The number of ketones is 1. The van der Waals surface area contributed by atoms with E-state index in [-0.39, 0.29) is 11.4 Å². The average Bonchev–Trinajstić information content (AvgIpc) is 3.92. The second-order valence-electron chi connectivity index (χ2n) is 22.5. The zero-order valence-electron chi connectivity index (χ0n) is 48.6. The fraction of sp³-hybridized carbons (Fsp3) is 0.514. The molecule has 1 heterocycles. The van der Waals surface area contributed by atoms with E-state index in [4.69, 9.17) is 8.75 Å². The molecule has 5 aromatic carbocycles. The first-order chi connectivity index (χ1) is 36.3. The predicted octanol–water partition coefficient (Wildman–Crippen LogP) is 20.8. The summed E-state index contributed by atoms with van der Waals surface area (Å²) in [5, 5.41) is 9.58. The number of benzene rings is 5. The van der Waals surface area contributed by atoms with E-state index >= 15 is 0 Å². The monoisotopic (exact) mass is 1020 g/mol. The van der Waals surface area contributed by atoms with Crippen molar-refractivity contribution in [2.75, 3.05) is 0 Å². The Hall–Kier alpha value is -5.18. The van der Waals surface area contributed by atoms with Gasteiger partial charge in [-0.15, -0.1) is 0 Å². The Kier molecular flexibility index (Phi) is 23.1. The third kappa shape index (κ3) is 15.3. The molecular formula is C70H93N3OS. The zero-order chi connectivity index (χ0) is 54.0. The SMILES string of the molecule is CCCCC(CC)Cc1cc(CC(CC)CCCC)cc(-c2c(C)c(-c3cc(CC(CC)CCCC)cc(CC(CC)CCCC)c3)c(C)c(-c3ccc(-c4ccc(/C=C(\C#N)C(C)=O)cc4)c4nsnc34)c2C)c1. The molecule has 1 aromatic heterocycles. The van der Waals surface area contributed by atoms with Crippen molar-refractivity contribution < 1.29 is 4.79 Å². The normalized spacial score (nSPS) is 13.5. The molecule has 4 atom stereocenters. The molecule has 0 spiro atoms. The number of nitrogens with zero attached hydrogens (tertiary/aromatic N) is 3. The molecular weight excluding hydrogens is 931 g/mol. The highest BCUT2D eigenvalue weighted by Gasteiger charge is 2.26. The van der Waals surface area contributed by atoms with E-state index in [0.29, 0.717) is 23.7 Å². The lowest BCUT2D eigenvalue weighted by Crippen LogP contribution is -2.08. The molecule has 0 radical (unpaired) electrons. The number of aromatic nitrogens is 2. The lowest BCUT2D eigenvalue weighted by molar-refractivity contribution is -0.113. The molecule has 0 aliphatic heterocycles. The Balaban J connectivity index is 1.66. The molecule has 0 amide bonds. The summed E-state index contributed by atoms with van der Waals surface area (Å²) in [5.74, 6) is 2.44. The van der Waals surface area contributed by atoms with E-state index in [1.165, 1.54) is 188 Å². The van der Waals surface area contributed by atoms with E-state index in [2.05, 4.69) is 143 Å². The van der Waals surface area contributed by atoms with E-state index in [1.54, 1.807) is 6.08 Å². The Bertz CT molecular complexity index is 2690. The van der Waals surface area contributed by atoms with Crippen LogP contribution in [0.25, 0.3) is 61.6 Å². The summed E-state index contributed by atoms with van der Waals surface area (Å²) in [7, 11) is 0. The van der Waals surface area contributed by atoms with Gasteiger partial charge in [0.1, 0.15) is 17.1 Å². The third-order valence-electron chi connectivity index (χ3n) is 16.9. The molecule has 0 aliphatic rings. The second-order valence-corrected chi connectivity index (χ2v) is 23.1. The zero-order valence-corrected chi connectivity index (χ0v) is 49.4. The lowest BCUT2D eigenvalue weighted by Gasteiger charge is -2.26. The number of hydrogen-bond donors (Lipinski definition) is 0. The Labute approximate surface area is 459 Å². The summed E-state index contributed by atoms with van der Waals surface area (Å²) < 4.78 is 10.2. The highest BCUT2D eigenvalue weighted by atomic mass is 32.1. The van der Waals surface area contributed by atoms with Crippen molar-refractivity contribution in [3.8, 4) is 50.6 Å². The third-order valence-corrected chi connectivity index (χ3v) is 17.4. The van der Waals surface area contributed by atoms with Gasteiger partial charge in [0.25, 0.3) is 0 Å². The van der Waals surface area contributed by atoms with Crippen LogP contribution in [0, 0.1) is 55.8 Å². The lowest BCUT2D eigenvalue weighted by atomic mass is 9.78. The maximum Gasteiger partial charge on any atom is 0.170 e. The highest BCUT2D eigenvalue weighted by molar-refractivity contribution is 7.00. The van der Waals surface area contributed by atoms with Crippen LogP contribution in [0.4, 0.5) is 0 Å². The summed E-state index contributed by atoms with van der Waals surface area (Å²) in [6, 6.07) is 30.2. The number of carbonyl (C=O) groups excluding carboxylic acids is 1. The molecule has 0 saturated heterocycles. The molecule has 75 heavy (non-hydrogen) atoms. The first-order valence-corrected chi connectivity index (χ1v) is 30.5. The van der Waals surface area contributed by atoms with Crippen LogP contribution >= 0.6 is 11.7 Å². The van der Waals surface area contributed by atoms with Gasteiger partial charge in [-0.2, -0.15) is 14.0 Å². The van der Waals surface area contributed by atoms with Gasteiger partial charge in [0.15, 0.2) is 5.78 Å². The molecule has 4 unspecified atom stereocenters. The molecule has 400 valence electrons. The highest BCUT2D eigenvalue weighted by Crippen LogP contribution is 2.47. The topological polar surface area (TPSA) is 66.6 Å². The Morgan fingerprint density at radius 2 is 0.867 bits per heavy atom. The van der Waals surface area contributed by atoms with E-state index in [1.807, 2.05) is 12.1 Å². The Morgan fingerprint density at radius 1 is 0.507 bits per heavy atom. The first-order valence-electron chi connectivity index (χ1n) is 29.7. The number of allylic oxidation sites excluding steroid dienone is 1. The summed E-state index contributed by atoms with van der Waals surface area (Å²) in [5.41, 5.74) is 22.6. The maximum atomic E-state index is 12.1. The van der Waals surface area contributed by atoms with Crippen LogP contribution in [-0.4, -0.2) is 14.5 Å². The largest absolute Gasteiger partial charge is 0.294 e. The molecule has 0 bridgehead atoms. The van der Waals surface area contributed by atoms with E-state index in [9.17, 15) is 10.1 Å². The number of hydrogen-bond acceptors (Lipinski definition) is 5. The number of carbonyl (C=O) groups is 1. The van der Waals surface area contributed by atoms with Crippen molar-refractivity contribution in [3.05, 3.63) is 123 Å². The van der Waals surface area contributed by atoms with E-state index < -0.39 is 0 Å². The van der Waals surface area contributed by atoms with Crippen molar-refractivity contribution >= 4 is 34.6 Å². The van der Waals surface area contributed by atoms with Crippen molar-refractivity contribution in [1.82, 2.24) is 8.75 Å². The van der Waals surface area contributed by atoms with Gasteiger partial charge >= 0.3 is 0 Å². The Morgan fingerprint density at radius 3 is 1.21 bits per heavy atom. The predicted molar refractivity (Wildman–Crippen MR) is 326 cm³/mol. The quantitative estimate of drug-likeness (QED) is 0.0333. The number of rotatable bonds is 30. The van der Waals surface area contributed by atoms with E-state index in [0.717, 1.165) is 59.0 Å². The smallest absolute Gasteiger partial charge is 0.170 e. The van der Waals surface area contributed by atoms with Crippen LogP contribution < -0.4 is 0 Å². The van der Waals surface area contributed by atoms with Gasteiger partial charge in [-0.1, -0.05) is 231 Å². The van der Waals surface area contributed by atoms with Gasteiger partial charge in [0.2, 0.25) is 0 Å².